The van der Waals surface area contributed by atoms with E-state index in [-0.39, 0.29) is 69.1 Å². The highest BCUT2D eigenvalue weighted by molar-refractivity contribution is 6.05. The number of piperazine rings is 1. The van der Waals surface area contributed by atoms with Crippen LogP contribution < -0.4 is 20.7 Å². The van der Waals surface area contributed by atoms with Crippen molar-refractivity contribution in [2.45, 2.75) is 58.0 Å². The van der Waals surface area contributed by atoms with E-state index >= 15 is 0 Å². The number of rotatable bonds is 10. The highest BCUT2D eigenvalue weighted by Gasteiger charge is 2.45. The van der Waals surface area contributed by atoms with Crippen LogP contribution in [0.2, 0.25) is 0 Å². The molecule has 2 amide bonds. The Kier molecular flexibility index (Phi) is 9.75. The zero-order valence-electron chi connectivity index (χ0n) is 24.3. The van der Waals surface area contributed by atoms with Crippen LogP contribution >= 0.6 is 0 Å². The summed E-state index contributed by atoms with van der Waals surface area (Å²) in [5.74, 6) is -0.481. The minimum atomic E-state index is -4.90. The molecular weight excluding hydrogens is 600 g/mol. The first kappa shape index (κ1) is 33.0. The van der Waals surface area contributed by atoms with Crippen LogP contribution in [0, 0.1) is 5.92 Å². The average molecular weight is 634 g/mol. The molecule has 1 fully saturated rings. The van der Waals surface area contributed by atoms with Gasteiger partial charge in [-0.25, -0.2) is 10.1 Å². The molecule has 242 valence electrons. The third kappa shape index (κ3) is 7.25. The van der Waals surface area contributed by atoms with Gasteiger partial charge < -0.3 is 24.8 Å². The fraction of sp³-hybridized carbons (Fsp3) is 0.593. The molecule has 2 aliphatic heterocycles. The van der Waals surface area contributed by atoms with Gasteiger partial charge in [0.05, 0.1) is 49.3 Å². The van der Waals surface area contributed by atoms with Crippen molar-refractivity contribution in [1.82, 2.24) is 20.1 Å². The van der Waals surface area contributed by atoms with Crippen molar-refractivity contribution in [3.63, 3.8) is 0 Å². The molecule has 0 spiro atoms. The summed E-state index contributed by atoms with van der Waals surface area (Å²) in [6.07, 6.45) is -7.31. The van der Waals surface area contributed by atoms with Crippen LogP contribution in [-0.4, -0.2) is 83.4 Å². The molecule has 4 heterocycles. The second-order valence-corrected chi connectivity index (χ2v) is 10.9. The number of aromatic amines is 1. The van der Waals surface area contributed by atoms with E-state index in [1.165, 1.54) is 16.7 Å². The van der Waals surface area contributed by atoms with Gasteiger partial charge in [0.25, 0.3) is 11.5 Å². The van der Waals surface area contributed by atoms with Gasteiger partial charge in [-0.15, -0.1) is 0 Å². The van der Waals surface area contributed by atoms with Gasteiger partial charge in [0.2, 0.25) is 5.91 Å². The fourth-order valence-electron chi connectivity index (χ4n) is 5.10. The molecule has 17 heteroatoms. The van der Waals surface area contributed by atoms with Gasteiger partial charge in [0.15, 0.2) is 5.82 Å². The molecule has 0 radical (unpaired) electrons. The van der Waals surface area contributed by atoms with Gasteiger partial charge in [-0.05, 0) is 18.9 Å². The number of halogens is 6. The monoisotopic (exact) mass is 633 g/mol. The Morgan fingerprint density at radius 3 is 2.52 bits per heavy atom. The second-order valence-electron chi connectivity index (χ2n) is 10.9. The van der Waals surface area contributed by atoms with Gasteiger partial charge >= 0.3 is 12.4 Å². The molecule has 2 aliphatic rings. The summed E-state index contributed by atoms with van der Waals surface area (Å²) < 4.78 is 85.6. The van der Waals surface area contributed by atoms with E-state index in [4.69, 9.17) is 4.74 Å². The quantitative estimate of drug-likeness (QED) is 0.301. The highest BCUT2D eigenvalue weighted by atomic mass is 19.4. The molecule has 2 N–H and O–H groups in total. The summed E-state index contributed by atoms with van der Waals surface area (Å²) >= 11 is 0. The Hall–Kier alpha value is -3.89. The summed E-state index contributed by atoms with van der Waals surface area (Å²) in [5.41, 5.74) is -4.16. The first-order valence-corrected chi connectivity index (χ1v) is 14.0. The highest BCUT2D eigenvalue weighted by Crippen LogP contribution is 2.40. The van der Waals surface area contributed by atoms with Gasteiger partial charge in [-0.2, -0.15) is 31.4 Å². The zero-order valence-corrected chi connectivity index (χ0v) is 24.3. The van der Waals surface area contributed by atoms with Crippen LogP contribution in [0.25, 0.3) is 0 Å². The predicted molar refractivity (Wildman–Crippen MR) is 147 cm³/mol. The van der Waals surface area contributed by atoms with Gasteiger partial charge in [0.1, 0.15) is 11.6 Å². The molecule has 2 aromatic heterocycles. The number of nitrogens with zero attached hydrogens (tertiary/aromatic N) is 5. The van der Waals surface area contributed by atoms with E-state index in [0.717, 1.165) is 18.5 Å². The van der Waals surface area contributed by atoms with E-state index < -0.39 is 52.7 Å². The van der Waals surface area contributed by atoms with E-state index in [2.05, 4.69) is 15.4 Å². The number of carbonyl (C=O) groups excluding carboxylic acids is 2. The maximum atomic E-state index is 13.6. The lowest BCUT2D eigenvalue weighted by molar-refractivity contribution is -0.138. The van der Waals surface area contributed by atoms with Gasteiger partial charge in [-0.1, -0.05) is 20.3 Å². The Bertz CT molecular complexity index is 1420. The van der Waals surface area contributed by atoms with Crippen molar-refractivity contribution in [2.75, 3.05) is 54.5 Å². The zero-order chi connectivity index (χ0) is 32.4. The van der Waals surface area contributed by atoms with Crippen molar-refractivity contribution in [3.05, 3.63) is 39.9 Å². The summed E-state index contributed by atoms with van der Waals surface area (Å²) in [6, 6.07) is -0.552. The van der Waals surface area contributed by atoms with Crippen molar-refractivity contribution in [1.29, 1.82) is 0 Å². The third-order valence-electron chi connectivity index (χ3n) is 7.58. The van der Waals surface area contributed by atoms with E-state index in [1.54, 1.807) is 10.00 Å². The van der Waals surface area contributed by atoms with Crippen molar-refractivity contribution < 1.29 is 40.7 Å². The summed E-state index contributed by atoms with van der Waals surface area (Å²) in [7, 11) is 0. The Balaban J connectivity index is 1.37. The molecule has 0 aliphatic carbocycles. The smallest absolute Gasteiger partial charge is 0.379 e. The van der Waals surface area contributed by atoms with E-state index in [9.17, 15) is 40.7 Å². The van der Waals surface area contributed by atoms with Crippen LogP contribution in [0.3, 0.4) is 0 Å². The average Bonchev–Trinajstić information content (AvgIpc) is 2.95. The number of fused-ring (bicyclic) bond motifs is 3. The van der Waals surface area contributed by atoms with Crippen LogP contribution in [0.4, 0.5) is 43.5 Å². The number of pyridine rings is 1. The van der Waals surface area contributed by atoms with Crippen molar-refractivity contribution >= 4 is 29.0 Å². The van der Waals surface area contributed by atoms with Crippen LogP contribution in [0.15, 0.2) is 23.3 Å². The molecule has 0 saturated carbocycles. The molecule has 3 unspecified atom stereocenters. The maximum absolute atomic E-state index is 13.6. The van der Waals surface area contributed by atoms with Gasteiger partial charge in [-0.3, -0.25) is 14.4 Å². The largest absolute Gasteiger partial charge is 0.423 e. The van der Waals surface area contributed by atoms with E-state index in [1.807, 2.05) is 13.8 Å². The SMILES string of the molecule is CCC(C)CN1C(=O)C2CN(C(=O)CCOCC(C)Nc3cn[nH]c(=O)c3C(F)(F)F)CCN2c2ncc(C(F)(F)F)cc21. The number of anilines is 3. The number of alkyl halides is 6. The predicted octanol–water partition coefficient (Wildman–Crippen LogP) is 3.52. The molecular formula is C27H33F6N7O4. The van der Waals surface area contributed by atoms with Crippen molar-refractivity contribution in [2.24, 2.45) is 5.92 Å². The first-order chi connectivity index (χ1) is 20.6. The molecule has 4 rings (SSSR count). The van der Waals surface area contributed by atoms with Crippen molar-refractivity contribution in [3.8, 4) is 0 Å². The topological polar surface area (TPSA) is 124 Å². The Morgan fingerprint density at radius 2 is 1.86 bits per heavy atom. The summed E-state index contributed by atoms with van der Waals surface area (Å²) in [5, 5.41) is 7.70. The number of aromatic nitrogens is 3. The minimum absolute atomic E-state index is 0.00198. The third-order valence-corrected chi connectivity index (χ3v) is 7.58. The molecule has 2 aromatic rings. The second kappa shape index (κ2) is 13.0. The van der Waals surface area contributed by atoms with Crippen LogP contribution in [0.1, 0.15) is 44.7 Å². The summed E-state index contributed by atoms with van der Waals surface area (Å²) in [4.78, 5) is 46.8. The molecule has 44 heavy (non-hydrogen) atoms. The normalized spacial score (nSPS) is 18.5. The molecule has 11 nitrogen and oxygen atoms in total. The maximum Gasteiger partial charge on any atom is 0.423 e. The van der Waals surface area contributed by atoms with Gasteiger partial charge in [0, 0.05) is 31.9 Å². The summed E-state index contributed by atoms with van der Waals surface area (Å²) in [6.45, 7) is 5.77. The standard InChI is InChI=1S/C27H33F6N7O4/c1-4-15(2)12-40-19-9-17(26(28,29)30)10-34-23(19)39-7-6-38(13-20(39)25(40)43)21(41)5-8-44-14-16(3)36-18-11-35-37-24(42)22(18)27(31,32)33/h9-11,15-16,20H,4-8,12-14H2,1-3H3,(H2,36,37,42). The number of carbonyl (C=O) groups is 2. The number of nitrogens with one attached hydrogen (secondary N) is 2. The number of H-pyrrole nitrogens is 1. The molecule has 3 atom stereocenters. The molecule has 0 aromatic carbocycles. The minimum Gasteiger partial charge on any atom is -0.379 e. The number of amides is 2. The molecule has 0 bridgehead atoms. The van der Waals surface area contributed by atoms with Crippen LogP contribution in [-0.2, 0) is 26.7 Å². The molecule has 1 saturated heterocycles. The Labute approximate surface area is 248 Å². The number of hydrogen-bond acceptors (Lipinski definition) is 8. The lowest BCUT2D eigenvalue weighted by Gasteiger charge is -2.47. The number of hydrogen-bond donors (Lipinski definition) is 2. The first-order valence-electron chi connectivity index (χ1n) is 14.0. The Morgan fingerprint density at radius 1 is 1.14 bits per heavy atom. The van der Waals surface area contributed by atoms with Crippen LogP contribution in [0.5, 0.6) is 0 Å². The lowest BCUT2D eigenvalue weighted by atomic mass is 10.0. The lowest BCUT2D eigenvalue weighted by Crippen LogP contribution is -2.64. The van der Waals surface area contributed by atoms with E-state index in [0.29, 0.717) is 6.42 Å². The fourth-order valence-corrected chi connectivity index (χ4v) is 5.10. The number of ether oxygens (including phenoxy) is 1.